The number of nitrogens with zero attached hydrogens (tertiary/aromatic N) is 2. The van der Waals surface area contributed by atoms with Gasteiger partial charge < -0.3 is 16.0 Å². The summed E-state index contributed by atoms with van der Waals surface area (Å²) in [6.07, 6.45) is 4.99. The van der Waals surface area contributed by atoms with Crippen LogP contribution in [-0.2, 0) is 26.0 Å². The van der Waals surface area contributed by atoms with Crippen molar-refractivity contribution in [1.29, 1.82) is 0 Å². The summed E-state index contributed by atoms with van der Waals surface area (Å²) in [6.45, 7) is 0.254. The zero-order valence-electron chi connectivity index (χ0n) is 13.2. The van der Waals surface area contributed by atoms with Crippen molar-refractivity contribution < 1.29 is 18.0 Å². The number of carbonyl (C=O) groups is 2. The van der Waals surface area contributed by atoms with Crippen molar-refractivity contribution in [3.63, 3.8) is 0 Å². The Labute approximate surface area is 144 Å². The second-order valence-corrected chi connectivity index (χ2v) is 7.36. The van der Waals surface area contributed by atoms with Crippen LogP contribution in [0.25, 0.3) is 0 Å². The van der Waals surface area contributed by atoms with E-state index in [0.717, 1.165) is 5.56 Å². The molecule has 0 aliphatic carbocycles. The molecule has 0 saturated carbocycles. The summed E-state index contributed by atoms with van der Waals surface area (Å²) < 4.78 is 27.2. The van der Waals surface area contributed by atoms with Crippen molar-refractivity contribution in [1.82, 2.24) is 4.90 Å². The van der Waals surface area contributed by atoms with Gasteiger partial charge in [-0.1, -0.05) is 12.1 Å². The minimum Gasteiger partial charge on any atom is -0.369 e. The number of amides is 2. The van der Waals surface area contributed by atoms with Gasteiger partial charge in [-0.15, -0.1) is 4.40 Å². The number of hydrogen-bond donors (Lipinski definition) is 2. The Balaban J connectivity index is 1.78. The maximum absolute atomic E-state index is 12.5. The zero-order chi connectivity index (χ0) is 18.0. The number of hydrogen-bond acceptors (Lipinski definition) is 5. The fraction of sp³-hybridized carbons (Fsp3) is 0.188. The Morgan fingerprint density at radius 2 is 1.96 bits per heavy atom. The number of nitrogens with two attached hydrogens (primary N) is 1. The van der Waals surface area contributed by atoms with Crippen LogP contribution in [-0.4, -0.2) is 43.3 Å². The molecule has 0 radical (unpaired) electrons. The van der Waals surface area contributed by atoms with Gasteiger partial charge in [-0.25, -0.2) is 8.42 Å². The first-order valence-electron chi connectivity index (χ1n) is 7.51. The van der Waals surface area contributed by atoms with Crippen LogP contribution in [0.4, 0.5) is 5.69 Å². The van der Waals surface area contributed by atoms with E-state index in [2.05, 4.69) is 9.71 Å². The Bertz CT molecular complexity index is 914. The highest BCUT2D eigenvalue weighted by atomic mass is 32.2. The molecule has 0 saturated heterocycles. The summed E-state index contributed by atoms with van der Waals surface area (Å²) in [5, 5.41) is 2.69. The minimum absolute atomic E-state index is 0.0862. The Kier molecular flexibility index (Phi) is 4.41. The quantitative estimate of drug-likeness (QED) is 0.791. The average molecular weight is 360 g/mol. The molecule has 0 aromatic heterocycles. The lowest BCUT2D eigenvalue weighted by molar-refractivity contribution is -0.117. The molecular formula is C16H16N4O4S. The molecule has 1 aromatic carbocycles. The summed E-state index contributed by atoms with van der Waals surface area (Å²) in [6, 6.07) is 6.66. The predicted octanol–water partition coefficient (Wildman–Crippen LogP) is 0.150. The smallest absolute Gasteiger partial charge is 0.259 e. The Morgan fingerprint density at radius 1 is 1.24 bits per heavy atom. The monoisotopic (exact) mass is 360 g/mol. The number of anilines is 1. The molecule has 2 aliphatic heterocycles. The lowest BCUT2D eigenvalue weighted by atomic mass is 10.1. The van der Waals surface area contributed by atoms with Gasteiger partial charge in [-0.2, -0.15) is 0 Å². The topological polar surface area (TPSA) is 122 Å². The second kappa shape index (κ2) is 6.52. The summed E-state index contributed by atoms with van der Waals surface area (Å²) >= 11 is 0. The molecule has 3 rings (SSSR count). The van der Waals surface area contributed by atoms with Crippen molar-refractivity contribution in [2.24, 2.45) is 10.1 Å². The van der Waals surface area contributed by atoms with E-state index in [1.54, 1.807) is 41.4 Å². The lowest BCUT2D eigenvalue weighted by Crippen LogP contribution is -2.40. The average Bonchev–Trinajstić information content (AvgIpc) is 2.54. The largest absolute Gasteiger partial charge is 0.369 e. The van der Waals surface area contributed by atoms with Crippen LogP contribution < -0.4 is 11.1 Å². The molecule has 130 valence electrons. The normalized spacial score (nSPS) is 18.0. The van der Waals surface area contributed by atoms with E-state index in [0.29, 0.717) is 5.69 Å². The van der Waals surface area contributed by atoms with Gasteiger partial charge in [0.2, 0.25) is 5.91 Å². The maximum Gasteiger partial charge on any atom is 0.259 e. The standard InChI is InChI=1S/C16H16N4O4S/c17-14(21)10-11-3-5-12(6-4-11)18-16(22)13-2-1-7-20-8-9-25(23,24)19-15(13)20/h1-7H,8-10H2,(H2,17,21)(H,18,22). The number of nitrogens with one attached hydrogen (secondary N) is 1. The van der Waals surface area contributed by atoms with Crippen LogP contribution in [0.5, 0.6) is 0 Å². The number of carbonyl (C=O) groups excluding carboxylic acids is 2. The summed E-state index contributed by atoms with van der Waals surface area (Å²) in [5.74, 6) is -0.867. The molecule has 0 atom stereocenters. The molecule has 2 heterocycles. The molecule has 2 amide bonds. The van der Waals surface area contributed by atoms with E-state index in [4.69, 9.17) is 5.73 Å². The van der Waals surface area contributed by atoms with Gasteiger partial charge >= 0.3 is 0 Å². The summed E-state index contributed by atoms with van der Waals surface area (Å²) in [7, 11) is -3.56. The van der Waals surface area contributed by atoms with E-state index in [1.165, 1.54) is 6.08 Å². The van der Waals surface area contributed by atoms with Crippen LogP contribution in [0.3, 0.4) is 0 Å². The fourth-order valence-corrected chi connectivity index (χ4v) is 3.48. The van der Waals surface area contributed by atoms with E-state index < -0.39 is 21.8 Å². The highest BCUT2D eigenvalue weighted by molar-refractivity contribution is 7.90. The molecule has 0 spiro atoms. The van der Waals surface area contributed by atoms with Gasteiger partial charge in [0, 0.05) is 18.4 Å². The summed E-state index contributed by atoms with van der Waals surface area (Å²) in [5.41, 5.74) is 6.56. The molecule has 3 N–H and O–H groups in total. The van der Waals surface area contributed by atoms with E-state index in [-0.39, 0.29) is 30.1 Å². The van der Waals surface area contributed by atoms with Gasteiger partial charge in [0.25, 0.3) is 15.9 Å². The third-order valence-electron chi connectivity index (χ3n) is 3.69. The van der Waals surface area contributed by atoms with Crippen LogP contribution >= 0.6 is 0 Å². The van der Waals surface area contributed by atoms with Crippen molar-refractivity contribution in [3.05, 3.63) is 53.8 Å². The van der Waals surface area contributed by atoms with Gasteiger partial charge in [0.05, 0.1) is 17.7 Å². The van der Waals surface area contributed by atoms with E-state index >= 15 is 0 Å². The molecule has 0 bridgehead atoms. The minimum atomic E-state index is -3.56. The van der Waals surface area contributed by atoms with Crippen LogP contribution in [0.15, 0.2) is 52.6 Å². The van der Waals surface area contributed by atoms with Gasteiger partial charge in [-0.05, 0) is 29.8 Å². The molecule has 0 fully saturated rings. The van der Waals surface area contributed by atoms with E-state index in [1.807, 2.05) is 0 Å². The highest BCUT2D eigenvalue weighted by Crippen LogP contribution is 2.19. The Morgan fingerprint density at radius 3 is 2.64 bits per heavy atom. The van der Waals surface area contributed by atoms with Crippen molar-refractivity contribution in [3.8, 4) is 0 Å². The third-order valence-corrected chi connectivity index (χ3v) is 4.84. The summed E-state index contributed by atoms with van der Waals surface area (Å²) in [4.78, 5) is 25.0. The van der Waals surface area contributed by atoms with Gasteiger partial charge in [0.15, 0.2) is 5.84 Å². The molecule has 9 heteroatoms. The first-order chi connectivity index (χ1) is 11.8. The molecule has 1 aromatic rings. The lowest BCUT2D eigenvalue weighted by Gasteiger charge is -2.28. The van der Waals surface area contributed by atoms with Crippen molar-refractivity contribution in [2.75, 3.05) is 17.6 Å². The number of rotatable bonds is 4. The Hall–Kier alpha value is -2.94. The zero-order valence-corrected chi connectivity index (χ0v) is 14.0. The first-order valence-corrected chi connectivity index (χ1v) is 9.12. The van der Waals surface area contributed by atoms with Crippen LogP contribution in [0.1, 0.15) is 5.56 Å². The molecule has 8 nitrogen and oxygen atoms in total. The van der Waals surface area contributed by atoms with Crippen LogP contribution in [0.2, 0.25) is 0 Å². The molecule has 2 aliphatic rings. The number of allylic oxidation sites excluding steroid dienone is 2. The first kappa shape index (κ1) is 16.9. The maximum atomic E-state index is 12.5. The van der Waals surface area contributed by atoms with Crippen LogP contribution in [0, 0.1) is 0 Å². The number of benzene rings is 1. The van der Waals surface area contributed by atoms with Gasteiger partial charge in [-0.3, -0.25) is 9.59 Å². The number of amidine groups is 1. The fourth-order valence-electron chi connectivity index (χ4n) is 2.50. The number of primary amides is 1. The predicted molar refractivity (Wildman–Crippen MR) is 93.1 cm³/mol. The molecular weight excluding hydrogens is 344 g/mol. The number of sulfonamides is 1. The SMILES string of the molecule is NC(=O)Cc1ccc(NC(=O)C2=CC=CN3CCS(=O)(=O)N=C23)cc1. The second-order valence-electron chi connectivity index (χ2n) is 5.61. The molecule has 0 unspecified atom stereocenters. The third kappa shape index (κ3) is 3.94. The molecule has 25 heavy (non-hydrogen) atoms. The van der Waals surface area contributed by atoms with E-state index in [9.17, 15) is 18.0 Å². The van der Waals surface area contributed by atoms with Gasteiger partial charge in [0.1, 0.15) is 0 Å². The van der Waals surface area contributed by atoms with Crippen molar-refractivity contribution in [2.45, 2.75) is 6.42 Å². The highest BCUT2D eigenvalue weighted by Gasteiger charge is 2.29. The number of fused-ring (bicyclic) bond motifs is 1. The van der Waals surface area contributed by atoms with Crippen molar-refractivity contribution >= 4 is 33.4 Å².